The summed E-state index contributed by atoms with van der Waals surface area (Å²) in [6.07, 6.45) is 17.7. The average molecular weight is 1700 g/mol. The van der Waals surface area contributed by atoms with Crippen molar-refractivity contribution < 1.29 is 53.6 Å². The third-order valence-electron chi connectivity index (χ3n) is 17.3. The van der Waals surface area contributed by atoms with Crippen molar-refractivity contribution in [2.75, 3.05) is 14.2 Å². The van der Waals surface area contributed by atoms with Crippen molar-refractivity contribution in [1.29, 1.82) is 0 Å². The summed E-state index contributed by atoms with van der Waals surface area (Å²) >= 11 is 31.2. The summed E-state index contributed by atoms with van der Waals surface area (Å²) < 4.78 is 15.9. The van der Waals surface area contributed by atoms with E-state index in [9.17, 15) is 43.8 Å². The number of thiocarbonyl (C=S) groups is 5. The van der Waals surface area contributed by atoms with Gasteiger partial charge in [0.25, 0.3) is 35.4 Å². The second kappa shape index (κ2) is 37.7. The van der Waals surface area contributed by atoms with E-state index in [-0.39, 0.29) is 52.5 Å². The topological polar surface area (TPSA) is 310 Å². The van der Waals surface area contributed by atoms with Crippen molar-refractivity contribution in [3.8, 4) is 40.1 Å². The Morgan fingerprint density at radius 2 is 0.796 bits per heavy atom. The van der Waals surface area contributed by atoms with Crippen LogP contribution in [0.3, 0.4) is 0 Å². The number of aromatic nitrogens is 6. The van der Waals surface area contributed by atoms with E-state index in [0.29, 0.717) is 63.0 Å². The van der Waals surface area contributed by atoms with Crippen molar-refractivity contribution in [3.05, 3.63) is 249 Å². The van der Waals surface area contributed by atoms with Gasteiger partial charge >= 0.3 is 6.03 Å². The number of aromatic hydroxyl groups is 3. The normalized spacial score (nSPS) is 17.1. The molecule has 0 radical (unpaired) electrons. The van der Waals surface area contributed by atoms with Crippen LogP contribution in [0.4, 0.5) is 4.79 Å². The van der Waals surface area contributed by atoms with Crippen LogP contribution >= 0.6 is 120 Å². The second-order valence-corrected chi connectivity index (χ2v) is 33.5. The monoisotopic (exact) mass is 1700 g/mol. The lowest BCUT2D eigenvalue weighted by atomic mass is 10.2. The number of methoxy groups -OCH3 is 1. The van der Waals surface area contributed by atoms with Gasteiger partial charge in [-0.25, -0.2) is 4.79 Å². The molecule has 6 fully saturated rings. The molecule has 9 N–H and O–H groups in total. The average Bonchev–Trinajstić information content (AvgIpc) is 1.67. The number of para-hydroxylation sites is 1. The Balaban J connectivity index is 0.000000144. The van der Waals surface area contributed by atoms with E-state index in [1.807, 2.05) is 126 Å². The molecule has 34 heteroatoms. The highest BCUT2D eigenvalue weighted by Crippen LogP contribution is 2.36. The fourth-order valence-corrected chi connectivity index (χ4v) is 16.9. The van der Waals surface area contributed by atoms with Gasteiger partial charge < -0.3 is 64.9 Å². The lowest BCUT2D eigenvalue weighted by Crippen LogP contribution is -2.22. The molecule has 0 atom stereocenters. The third kappa shape index (κ3) is 21.1. The SMILES string of the molecule is CN1C(=O)/C(=C\c2ccc(O)c(O)c2)SC1=S.COc1ccc(/C=C2/SC(=S)NC2=O)cc1O.Cc1cc(/C=C2/NC(=O)NC2=O)c(C)n1-c1cccnc1.Cc1cc(/C=C2/SC(=S)NC2=O)c(C)n1-c1ccccc1.Cc1cc(/C=C2/SC(=S)NC2=O)c(C)n1-c1cccnc1.Cc1cc(/C=C2/SC(=S)NC2=O)c(C)n1C. The molecule has 6 aliphatic heterocycles. The van der Waals surface area contributed by atoms with Crippen molar-refractivity contribution in [2.45, 2.75) is 55.4 Å². The summed E-state index contributed by atoms with van der Waals surface area (Å²) in [6.45, 7) is 16.2. The lowest BCUT2D eigenvalue weighted by molar-refractivity contribution is -0.121. The Labute approximate surface area is 698 Å². The highest BCUT2D eigenvalue weighted by Gasteiger charge is 2.30. The Bertz CT molecular complexity index is 5310. The Morgan fingerprint density at radius 1 is 0.398 bits per heavy atom. The molecule has 0 bridgehead atoms. The smallest absolute Gasteiger partial charge is 0.326 e. The molecule has 12 heterocycles. The second-order valence-electron chi connectivity index (χ2n) is 24.9. The van der Waals surface area contributed by atoms with Gasteiger partial charge in [0.1, 0.15) is 27.3 Å². The number of thioether (sulfide) groups is 5. The van der Waals surface area contributed by atoms with Crippen LogP contribution in [-0.4, -0.2) is 126 Å². The third-order valence-corrected chi connectivity index (χ3v) is 23.4. The number of hydrogen-bond acceptors (Lipinski definition) is 23. The van der Waals surface area contributed by atoms with E-state index in [1.165, 1.54) is 94.7 Å². The van der Waals surface area contributed by atoms with Crippen LogP contribution in [0.1, 0.15) is 78.9 Å². The van der Waals surface area contributed by atoms with E-state index in [1.54, 1.807) is 62.1 Å². The van der Waals surface area contributed by atoms with Gasteiger partial charge in [0.15, 0.2) is 23.0 Å². The first-order valence-corrected chi connectivity index (χ1v) is 39.9. The summed E-state index contributed by atoms with van der Waals surface area (Å²) in [5.41, 5.74) is 17.4. The number of imide groups is 1. The van der Waals surface area contributed by atoms with E-state index >= 15 is 0 Å². The van der Waals surface area contributed by atoms with Crippen molar-refractivity contribution in [2.24, 2.45) is 7.05 Å². The molecule has 9 aromatic rings. The Kier molecular flexibility index (Phi) is 28.2. The molecule has 0 unspecified atom stereocenters. The van der Waals surface area contributed by atoms with Gasteiger partial charge in [-0.05, 0) is 210 Å². The van der Waals surface area contributed by atoms with Crippen LogP contribution in [0.5, 0.6) is 23.0 Å². The molecule has 6 aromatic heterocycles. The molecule has 6 saturated heterocycles. The number of urea groups is 1. The van der Waals surface area contributed by atoms with Gasteiger partial charge in [-0.3, -0.25) is 49.0 Å². The fraction of sp³-hybridized carbons (Fsp3) is 0.139. The lowest BCUT2D eigenvalue weighted by Gasteiger charge is -2.09. The number of nitrogens with zero attached hydrogens (tertiary/aromatic N) is 7. The number of amides is 8. The van der Waals surface area contributed by atoms with E-state index < -0.39 is 11.9 Å². The number of nitrogens with one attached hydrogen (secondary N) is 6. The molecule has 0 saturated carbocycles. The van der Waals surface area contributed by atoms with Gasteiger partial charge in [-0.15, -0.1) is 0 Å². The summed E-state index contributed by atoms with van der Waals surface area (Å²) in [7, 11) is 5.11. The van der Waals surface area contributed by atoms with Gasteiger partial charge in [0.05, 0.1) is 55.4 Å². The van der Waals surface area contributed by atoms with Gasteiger partial charge in [-0.1, -0.05) is 150 Å². The van der Waals surface area contributed by atoms with Gasteiger partial charge in [-0.2, -0.15) is 0 Å². The first kappa shape index (κ1) is 84.7. The molecule has 113 heavy (non-hydrogen) atoms. The van der Waals surface area contributed by atoms with Gasteiger partial charge in [0, 0.05) is 77.7 Å². The molecule has 24 nitrogen and oxygen atoms in total. The first-order chi connectivity index (χ1) is 53.7. The highest BCUT2D eigenvalue weighted by atomic mass is 32.2. The number of benzene rings is 3. The predicted molar refractivity (Wildman–Crippen MR) is 471 cm³/mol. The minimum Gasteiger partial charge on any atom is -0.504 e. The molecular formula is C79H71N13O11S10. The van der Waals surface area contributed by atoms with E-state index in [0.717, 1.165) is 79.2 Å². The van der Waals surface area contributed by atoms with Crippen LogP contribution in [-0.2, 0) is 35.8 Å². The maximum Gasteiger partial charge on any atom is 0.326 e. The molecule has 0 spiro atoms. The number of phenols is 3. The zero-order valence-electron chi connectivity index (χ0n) is 62.1. The Morgan fingerprint density at radius 3 is 1.16 bits per heavy atom. The summed E-state index contributed by atoms with van der Waals surface area (Å²) in [5.74, 6) is -1.11. The Hall–Kier alpha value is -10.8. The number of rotatable bonds is 10. The number of hydrogen-bond donors (Lipinski definition) is 9. The zero-order chi connectivity index (χ0) is 81.8. The highest BCUT2D eigenvalue weighted by molar-refractivity contribution is 8.28. The maximum atomic E-state index is 11.8. The molecule has 8 amide bonds. The van der Waals surface area contributed by atoms with E-state index in [4.69, 9.17) is 70.9 Å². The summed E-state index contributed by atoms with van der Waals surface area (Å²) in [5, 5.41) is 43.2. The van der Waals surface area contributed by atoms with Crippen molar-refractivity contribution in [3.63, 3.8) is 0 Å². The molecule has 6 aliphatic rings. The quantitative estimate of drug-likeness (QED) is 0.0266. The number of carbonyl (C=O) groups excluding carboxylic acids is 7. The fourth-order valence-electron chi connectivity index (χ4n) is 11.6. The van der Waals surface area contributed by atoms with Crippen LogP contribution < -0.4 is 36.6 Å². The van der Waals surface area contributed by atoms with Crippen molar-refractivity contribution in [1.82, 2.24) is 65.0 Å². The van der Waals surface area contributed by atoms with E-state index in [2.05, 4.69) is 99.7 Å². The molecule has 15 rings (SSSR count). The number of phenolic OH excluding ortho intramolecular Hbond substituents is 3. The number of ether oxygens (including phenoxy) is 1. The molecule has 0 aliphatic carbocycles. The number of carbonyl (C=O) groups is 7. The summed E-state index contributed by atoms with van der Waals surface area (Å²) in [4.78, 5) is 93.5. The van der Waals surface area contributed by atoms with Crippen molar-refractivity contribution >= 4 is 219 Å². The van der Waals surface area contributed by atoms with Crippen LogP contribution in [0.25, 0.3) is 53.5 Å². The number of likely N-dealkylation sites (N-methyl/N-ethyl adjacent to an activating group) is 1. The summed E-state index contributed by atoms with van der Waals surface area (Å²) in [6, 6.07) is 34.9. The first-order valence-electron chi connectivity index (χ1n) is 33.8. The molecular weight excluding hydrogens is 1630 g/mol. The largest absolute Gasteiger partial charge is 0.504 e. The van der Waals surface area contributed by atoms with Gasteiger partial charge in [0.2, 0.25) is 0 Å². The zero-order valence-corrected chi connectivity index (χ0v) is 70.2. The molecule has 3 aromatic carbocycles. The standard InChI is InChI=1S/C16H14N2OS2.C15H14N4O2.C15H13N3OS2.C11H12N2OS2.2C11H9NO3S2/c1-10-8-12(9-14-15(19)17-16(20)21-14)11(2)18(10)13-6-4-3-5-7-13;1-9-6-11(7-13-14(20)18-15(21)17-13)10(2)19(9)12-4-3-5-16-8-12;1-9-6-11(7-13-14(19)17-15(20)21-13)10(2)18(9)12-4-3-5-16-8-12;1-6-4-8(7(2)13(6)3)5-9-10(14)12-11(15)16-9;1-15-8-3-2-6(4-7(8)13)5-9-10(14)12-11(16)17-9;1-12-10(15)9(17-11(12)16)5-6-2-3-7(13)8(14)4-6/h3-9H,1-2H3,(H,17,19,20);3-8H,1-2H3,(H2,17,18,20,21);3-8H,1-2H3,(H,17,19,20);4-5H,1-3H3,(H,12,14,15);2-5,13H,1H3,(H,12,14,16);2-5,13-14H,1H3/b14-9+;2*13-7+;3*9-5+. The predicted octanol–water partition coefficient (Wildman–Crippen LogP) is 14.2. The van der Waals surface area contributed by atoms with Crippen LogP contribution in [0.2, 0.25) is 0 Å². The van der Waals surface area contributed by atoms with Crippen LogP contribution in [0, 0.1) is 55.4 Å². The number of aryl methyl sites for hydroxylation is 4. The molecule has 578 valence electrons. The minimum atomic E-state index is -0.493. The minimum absolute atomic E-state index is 0.0350. The maximum absolute atomic E-state index is 11.8. The van der Waals surface area contributed by atoms with Crippen LogP contribution in [0.15, 0.2) is 170 Å². The number of pyridine rings is 2.